The number of hydrogen-bond acceptors (Lipinski definition) is 2. The molecule has 0 aliphatic rings. The van der Waals surface area contributed by atoms with Gasteiger partial charge >= 0.3 is 81.6 Å². The van der Waals surface area contributed by atoms with Crippen LogP contribution >= 0.6 is 17.9 Å². The van der Waals surface area contributed by atoms with Gasteiger partial charge in [0.25, 0.3) is 0 Å². The van der Waals surface area contributed by atoms with Crippen molar-refractivity contribution in [3.05, 3.63) is 0 Å². The first kappa shape index (κ1) is 12.5. The van der Waals surface area contributed by atoms with Crippen molar-refractivity contribution < 1.29 is 0 Å². The van der Waals surface area contributed by atoms with Crippen molar-refractivity contribution in [3.8, 4) is 0 Å². The van der Waals surface area contributed by atoms with Gasteiger partial charge in [-0.1, -0.05) is 0 Å². The van der Waals surface area contributed by atoms with Gasteiger partial charge in [-0.05, 0) is 0 Å². The molecule has 0 radical (unpaired) electrons. The molecule has 0 amide bonds. The summed E-state index contributed by atoms with van der Waals surface area (Å²) in [6.45, 7) is 9.24. The summed E-state index contributed by atoms with van der Waals surface area (Å²) in [5.74, 6) is 0. The van der Waals surface area contributed by atoms with E-state index in [1.807, 2.05) is 0 Å². The van der Waals surface area contributed by atoms with Crippen LogP contribution in [0, 0.1) is 0 Å². The first-order valence-electron chi connectivity index (χ1n) is 4.19. The van der Waals surface area contributed by atoms with E-state index < -0.39 is 15.6 Å². The summed E-state index contributed by atoms with van der Waals surface area (Å²) in [5.41, 5.74) is 0. The molecule has 0 aliphatic carbocycles. The summed E-state index contributed by atoms with van der Waals surface area (Å²) in [6, 6.07) is 0. The summed E-state index contributed by atoms with van der Waals surface area (Å²) in [4.78, 5) is 5.04. The molecule has 0 aromatic heterocycles. The monoisotopic (exact) mass is 300 g/mol. The fraction of sp³-hybridized carbons (Fsp3) is 1.00. The molecule has 11 heavy (non-hydrogen) atoms. The fourth-order valence-electron chi connectivity index (χ4n) is 1.16. The molecule has 68 valence electrons. The molecular formula is C8H20S2Sn. The summed E-state index contributed by atoms with van der Waals surface area (Å²) in [5, 5.41) is 1.65. The van der Waals surface area contributed by atoms with Gasteiger partial charge < -0.3 is 0 Å². The van der Waals surface area contributed by atoms with E-state index in [2.05, 4.69) is 55.5 Å². The third-order valence-corrected chi connectivity index (χ3v) is 24.8. The zero-order chi connectivity index (χ0) is 9.07. The molecule has 0 saturated heterocycles. The van der Waals surface area contributed by atoms with E-state index in [0.29, 0.717) is 0 Å². The van der Waals surface area contributed by atoms with E-state index in [1.54, 1.807) is 0 Å². The number of rotatable bonds is 4. The van der Waals surface area contributed by atoms with Crippen LogP contribution in [0.5, 0.6) is 0 Å². The van der Waals surface area contributed by atoms with Crippen molar-refractivity contribution in [1.29, 1.82) is 0 Å². The second kappa shape index (κ2) is 5.28. The Kier molecular flexibility index (Phi) is 6.00. The topological polar surface area (TPSA) is 0 Å². The molecule has 0 atom stereocenters. The Morgan fingerprint density at radius 2 is 1.09 bits per heavy atom. The van der Waals surface area contributed by atoms with Gasteiger partial charge in [0.05, 0.1) is 0 Å². The Hall–Kier alpha value is 1.50. The molecule has 0 aromatic rings. The molecule has 0 aliphatic heterocycles. The molecular weight excluding hydrogens is 279 g/mol. The molecule has 0 fully saturated rings. The number of hydrogen-bond donors (Lipinski definition) is 0. The van der Waals surface area contributed by atoms with Crippen LogP contribution in [-0.2, 0) is 0 Å². The molecule has 0 heterocycles. The molecule has 0 unspecified atom stereocenters. The van der Waals surface area contributed by atoms with Crippen LogP contribution in [0.2, 0.25) is 9.88 Å². The van der Waals surface area contributed by atoms with Gasteiger partial charge in [-0.3, -0.25) is 0 Å². The summed E-state index contributed by atoms with van der Waals surface area (Å²) < 4.78 is 0. The van der Waals surface area contributed by atoms with Gasteiger partial charge in [0.2, 0.25) is 0 Å². The van der Waals surface area contributed by atoms with E-state index in [0.717, 1.165) is 10.5 Å². The molecule has 0 spiro atoms. The summed E-state index contributed by atoms with van der Waals surface area (Å²) >= 11 is -1.70. The van der Waals surface area contributed by atoms with Gasteiger partial charge in [0.1, 0.15) is 0 Å². The first-order valence-corrected chi connectivity index (χ1v) is 18.6. The third kappa shape index (κ3) is 7.85. The van der Waals surface area contributed by atoms with E-state index in [9.17, 15) is 0 Å². The summed E-state index contributed by atoms with van der Waals surface area (Å²) in [6.07, 6.45) is 0. The predicted octanol–water partition coefficient (Wildman–Crippen LogP) is 3.97. The van der Waals surface area contributed by atoms with Crippen LogP contribution in [-0.4, -0.2) is 26.1 Å². The van der Waals surface area contributed by atoms with Gasteiger partial charge in [0.15, 0.2) is 0 Å². The standard InChI is InChI=1S/2C3H8S.2CH3.Sn/c2*1-3(2)4;;;/h2*3-4H,1-2H3;2*1H3;/q;;;;+2/p-2. The van der Waals surface area contributed by atoms with Crippen LogP contribution in [0.1, 0.15) is 27.7 Å². The van der Waals surface area contributed by atoms with Crippen molar-refractivity contribution >= 4 is 33.5 Å². The van der Waals surface area contributed by atoms with E-state index >= 15 is 0 Å². The predicted molar refractivity (Wildman–Crippen MR) is 62.9 cm³/mol. The third-order valence-electron chi connectivity index (χ3n) is 1.04. The van der Waals surface area contributed by atoms with Gasteiger partial charge in [-0.2, -0.15) is 0 Å². The Labute approximate surface area is 81.1 Å². The van der Waals surface area contributed by atoms with E-state index in [4.69, 9.17) is 0 Å². The zero-order valence-electron chi connectivity index (χ0n) is 8.47. The Morgan fingerprint density at radius 3 is 1.27 bits per heavy atom. The van der Waals surface area contributed by atoms with Crippen molar-refractivity contribution in [1.82, 2.24) is 0 Å². The Morgan fingerprint density at radius 1 is 0.818 bits per heavy atom. The van der Waals surface area contributed by atoms with Gasteiger partial charge in [0, 0.05) is 0 Å². The maximum atomic E-state index is 2.52. The Bertz CT molecular complexity index is 98.7. The molecule has 0 aromatic carbocycles. The SMILES string of the molecule is CC(C)[S][Sn]([CH3])([CH3])[S]C(C)C. The minimum absolute atomic E-state index is 0.826. The van der Waals surface area contributed by atoms with Crippen LogP contribution in [0.15, 0.2) is 0 Å². The van der Waals surface area contributed by atoms with Crippen LogP contribution in [0.25, 0.3) is 0 Å². The quantitative estimate of drug-likeness (QED) is 0.720. The molecule has 0 rings (SSSR count). The first-order chi connectivity index (χ1) is 4.83. The molecule has 0 nitrogen and oxygen atoms in total. The van der Waals surface area contributed by atoms with Crippen LogP contribution < -0.4 is 0 Å². The van der Waals surface area contributed by atoms with E-state index in [-0.39, 0.29) is 0 Å². The normalized spacial score (nSPS) is 13.1. The van der Waals surface area contributed by atoms with Crippen LogP contribution in [0.3, 0.4) is 0 Å². The second-order valence-corrected chi connectivity index (χ2v) is 33.5. The maximum absolute atomic E-state index is 2.52. The van der Waals surface area contributed by atoms with Gasteiger partial charge in [-0.25, -0.2) is 0 Å². The van der Waals surface area contributed by atoms with Crippen molar-refractivity contribution in [2.24, 2.45) is 0 Å². The molecule has 0 bridgehead atoms. The summed E-state index contributed by atoms with van der Waals surface area (Å²) in [7, 11) is 4.52. The molecule has 0 saturated carbocycles. The average Bonchev–Trinajstić information content (AvgIpc) is 1.53. The van der Waals surface area contributed by atoms with Crippen molar-refractivity contribution in [2.45, 2.75) is 48.1 Å². The zero-order valence-corrected chi connectivity index (χ0v) is 13.0. The Balaban J connectivity index is 3.79. The average molecular weight is 299 g/mol. The molecule has 3 heteroatoms. The van der Waals surface area contributed by atoms with Crippen LogP contribution in [0.4, 0.5) is 0 Å². The fourth-order valence-corrected chi connectivity index (χ4v) is 32.3. The molecule has 0 N–H and O–H groups in total. The second-order valence-electron chi connectivity index (χ2n) is 3.73. The van der Waals surface area contributed by atoms with Crippen molar-refractivity contribution in [3.63, 3.8) is 0 Å². The van der Waals surface area contributed by atoms with Gasteiger partial charge in [-0.15, -0.1) is 0 Å². The minimum atomic E-state index is -1.70. The van der Waals surface area contributed by atoms with E-state index in [1.165, 1.54) is 0 Å². The van der Waals surface area contributed by atoms with Crippen molar-refractivity contribution in [2.75, 3.05) is 0 Å².